The summed E-state index contributed by atoms with van der Waals surface area (Å²) in [7, 11) is 0. The molecule has 1 unspecified atom stereocenters. The number of nitrogens with zero attached hydrogens (tertiary/aromatic N) is 1. The lowest BCUT2D eigenvalue weighted by Crippen LogP contribution is -2.46. The smallest absolute Gasteiger partial charge is 0.144 e. The summed E-state index contributed by atoms with van der Waals surface area (Å²) in [5, 5.41) is 22.9. The molecule has 3 nitrogen and oxygen atoms in total. The third kappa shape index (κ3) is 4.08. The van der Waals surface area contributed by atoms with Crippen molar-refractivity contribution in [1.82, 2.24) is 4.65 Å². The Morgan fingerprint density at radius 1 is 1.05 bits per heavy atom. The second kappa shape index (κ2) is 7.62. The summed E-state index contributed by atoms with van der Waals surface area (Å²) >= 11 is 0. The molecular formula is C18H27NO2. The maximum atomic E-state index is 13.0. The van der Waals surface area contributed by atoms with Crippen LogP contribution in [0.2, 0.25) is 0 Å². The van der Waals surface area contributed by atoms with E-state index in [0.717, 1.165) is 12.8 Å². The van der Waals surface area contributed by atoms with Crippen molar-refractivity contribution >= 4 is 11.4 Å². The van der Waals surface area contributed by atoms with E-state index in [1.54, 1.807) is 6.08 Å². The van der Waals surface area contributed by atoms with Crippen LogP contribution in [0.3, 0.4) is 0 Å². The average Bonchev–Trinajstić information content (AvgIpc) is 2.51. The van der Waals surface area contributed by atoms with Gasteiger partial charge >= 0.3 is 0 Å². The van der Waals surface area contributed by atoms with Gasteiger partial charge in [-0.05, 0) is 18.9 Å². The lowest BCUT2D eigenvalue weighted by Gasteiger charge is -2.44. The number of hydrogen-bond donors (Lipinski definition) is 1. The standard InChI is InChI=1S/C18H27NO2/c1-2-3-4-5-6-7-10-14-19(21)15-13-18(20)16-11-8-9-12-17(16)19/h8-9,11-13,20H,2-7,10,14-15H2,1H3. The molecule has 21 heavy (non-hydrogen) atoms. The first kappa shape index (κ1) is 16.1. The van der Waals surface area contributed by atoms with E-state index < -0.39 is 0 Å². The molecule has 0 bridgehead atoms. The van der Waals surface area contributed by atoms with Gasteiger partial charge in [-0.15, -0.1) is 0 Å². The van der Waals surface area contributed by atoms with Crippen LogP contribution >= 0.6 is 0 Å². The molecule has 0 aliphatic carbocycles. The van der Waals surface area contributed by atoms with Crippen LogP contribution in [0.4, 0.5) is 5.69 Å². The van der Waals surface area contributed by atoms with Crippen LogP contribution in [0.5, 0.6) is 0 Å². The number of unbranched alkanes of at least 4 members (excludes halogenated alkanes) is 6. The maximum Gasteiger partial charge on any atom is 0.144 e. The van der Waals surface area contributed by atoms with E-state index in [1.807, 2.05) is 24.3 Å². The zero-order valence-electron chi connectivity index (χ0n) is 13.1. The lowest BCUT2D eigenvalue weighted by molar-refractivity contribution is 0.375. The second-order valence-corrected chi connectivity index (χ2v) is 6.02. The predicted octanol–water partition coefficient (Wildman–Crippen LogP) is 5.15. The van der Waals surface area contributed by atoms with Crippen LogP contribution < -0.4 is 4.65 Å². The quantitative estimate of drug-likeness (QED) is 0.408. The minimum Gasteiger partial charge on any atom is -0.627 e. The molecule has 3 heteroatoms. The Morgan fingerprint density at radius 2 is 1.71 bits per heavy atom. The van der Waals surface area contributed by atoms with Crippen molar-refractivity contribution in [2.24, 2.45) is 0 Å². The predicted molar refractivity (Wildman–Crippen MR) is 89.9 cm³/mol. The van der Waals surface area contributed by atoms with Gasteiger partial charge in [-0.2, -0.15) is 0 Å². The number of aliphatic hydroxyl groups is 1. The van der Waals surface area contributed by atoms with E-state index in [2.05, 4.69) is 6.92 Å². The molecule has 1 aromatic rings. The van der Waals surface area contributed by atoms with E-state index in [4.69, 9.17) is 0 Å². The van der Waals surface area contributed by atoms with Gasteiger partial charge in [0.2, 0.25) is 0 Å². The molecule has 1 atom stereocenters. The molecule has 1 aromatic carbocycles. The Bertz CT molecular complexity index is 484. The summed E-state index contributed by atoms with van der Waals surface area (Å²) in [4.78, 5) is 0. The number of fused-ring (bicyclic) bond motifs is 1. The van der Waals surface area contributed by atoms with Crippen molar-refractivity contribution in [1.29, 1.82) is 0 Å². The largest absolute Gasteiger partial charge is 0.627 e. The van der Waals surface area contributed by atoms with E-state index in [0.29, 0.717) is 24.3 Å². The Morgan fingerprint density at radius 3 is 2.48 bits per heavy atom. The van der Waals surface area contributed by atoms with Gasteiger partial charge in [-0.3, -0.25) is 0 Å². The Hall–Kier alpha value is -1.32. The molecule has 1 aliphatic rings. The molecular weight excluding hydrogens is 262 g/mol. The van der Waals surface area contributed by atoms with Crippen LogP contribution in [0.25, 0.3) is 5.76 Å². The molecule has 2 rings (SSSR count). The molecule has 0 spiro atoms. The zero-order valence-corrected chi connectivity index (χ0v) is 13.1. The van der Waals surface area contributed by atoms with E-state index in [1.165, 1.54) is 32.1 Å². The van der Waals surface area contributed by atoms with Gasteiger partial charge in [-0.1, -0.05) is 51.2 Å². The molecule has 0 radical (unpaired) electrons. The fourth-order valence-electron chi connectivity index (χ4n) is 3.02. The maximum absolute atomic E-state index is 13.0. The van der Waals surface area contributed by atoms with E-state index in [-0.39, 0.29) is 10.4 Å². The summed E-state index contributed by atoms with van der Waals surface area (Å²) in [6.45, 7) is 3.18. The molecule has 1 N–H and O–H groups in total. The average molecular weight is 289 g/mol. The number of rotatable bonds is 8. The van der Waals surface area contributed by atoms with Crippen molar-refractivity contribution < 1.29 is 5.11 Å². The van der Waals surface area contributed by atoms with Gasteiger partial charge in [0.05, 0.1) is 12.1 Å². The summed E-state index contributed by atoms with van der Waals surface area (Å²) in [6.07, 6.45) is 10.2. The Labute approximate surface area is 128 Å². The normalized spacial score (nSPS) is 21.0. The summed E-state index contributed by atoms with van der Waals surface area (Å²) in [5.41, 5.74) is 1.41. The third-order valence-electron chi connectivity index (χ3n) is 4.32. The highest BCUT2D eigenvalue weighted by Crippen LogP contribution is 2.35. The first-order valence-corrected chi connectivity index (χ1v) is 8.24. The third-order valence-corrected chi connectivity index (χ3v) is 4.32. The van der Waals surface area contributed by atoms with Crippen molar-refractivity contribution in [3.63, 3.8) is 0 Å². The van der Waals surface area contributed by atoms with Crippen LogP contribution in [0.1, 0.15) is 57.4 Å². The minimum absolute atomic E-state index is 0.245. The van der Waals surface area contributed by atoms with E-state index in [9.17, 15) is 10.3 Å². The minimum atomic E-state index is -0.324. The molecule has 0 saturated heterocycles. The molecule has 0 saturated carbocycles. The second-order valence-electron chi connectivity index (χ2n) is 6.02. The number of aliphatic hydroxyl groups excluding tert-OH is 1. The Balaban J connectivity index is 1.86. The summed E-state index contributed by atoms with van der Waals surface area (Å²) in [5.74, 6) is 0.245. The molecule has 1 aliphatic heterocycles. The van der Waals surface area contributed by atoms with Crippen molar-refractivity contribution in [3.8, 4) is 0 Å². The number of hydrogen-bond acceptors (Lipinski definition) is 2. The molecule has 0 fully saturated rings. The van der Waals surface area contributed by atoms with Crippen LogP contribution in [0.15, 0.2) is 30.3 Å². The number of benzene rings is 1. The monoisotopic (exact) mass is 289 g/mol. The molecule has 0 aromatic heterocycles. The van der Waals surface area contributed by atoms with Crippen molar-refractivity contribution in [2.75, 3.05) is 13.1 Å². The van der Waals surface area contributed by atoms with Crippen LogP contribution in [0, 0.1) is 5.21 Å². The lowest BCUT2D eigenvalue weighted by atomic mass is 10.0. The summed E-state index contributed by atoms with van der Waals surface area (Å²) < 4.78 is -0.324. The first-order valence-electron chi connectivity index (χ1n) is 8.24. The highest BCUT2D eigenvalue weighted by molar-refractivity contribution is 5.74. The van der Waals surface area contributed by atoms with Crippen molar-refractivity contribution in [2.45, 2.75) is 51.9 Å². The van der Waals surface area contributed by atoms with Gasteiger partial charge in [0.1, 0.15) is 18.0 Å². The van der Waals surface area contributed by atoms with Gasteiger partial charge in [0.15, 0.2) is 0 Å². The highest BCUT2D eigenvalue weighted by Gasteiger charge is 2.27. The molecule has 0 amide bonds. The topological polar surface area (TPSA) is 43.3 Å². The highest BCUT2D eigenvalue weighted by atomic mass is 16.5. The van der Waals surface area contributed by atoms with Crippen LogP contribution in [-0.4, -0.2) is 18.2 Å². The number of hydroxylamine groups is 2. The SMILES string of the molecule is CCCCCCCCC[N+]1([O-])CC=C(O)c2ccccc21. The molecule has 1 heterocycles. The van der Waals surface area contributed by atoms with Gasteiger partial charge < -0.3 is 15.0 Å². The number of quaternary nitrogens is 1. The fraction of sp³-hybridized carbons (Fsp3) is 0.556. The number of para-hydroxylation sites is 1. The summed E-state index contributed by atoms with van der Waals surface area (Å²) in [6, 6.07) is 7.43. The van der Waals surface area contributed by atoms with E-state index >= 15 is 0 Å². The van der Waals surface area contributed by atoms with Crippen molar-refractivity contribution in [3.05, 3.63) is 41.1 Å². The first-order chi connectivity index (χ1) is 10.2. The van der Waals surface area contributed by atoms with Gasteiger partial charge in [-0.25, -0.2) is 0 Å². The van der Waals surface area contributed by atoms with Crippen LogP contribution in [-0.2, 0) is 0 Å². The molecule has 116 valence electrons. The fourth-order valence-corrected chi connectivity index (χ4v) is 3.02. The zero-order chi connectivity index (χ0) is 15.1. The Kier molecular flexibility index (Phi) is 5.83. The van der Waals surface area contributed by atoms with Gasteiger partial charge in [0, 0.05) is 12.1 Å². The van der Waals surface area contributed by atoms with Gasteiger partial charge in [0.25, 0.3) is 0 Å².